The second-order valence-corrected chi connectivity index (χ2v) is 5.99. The average Bonchev–Trinajstić information content (AvgIpc) is 2.40. The highest BCUT2D eigenvalue weighted by Crippen LogP contribution is 2.08. The molecule has 1 rings (SSSR count). The predicted molar refractivity (Wildman–Crippen MR) is 84.5 cm³/mol. The monoisotopic (exact) mass is 267 g/mol. The molecule has 0 aromatic rings. The molecular weight excluding hydrogens is 234 g/mol. The smallest absolute Gasteiger partial charge is 0.0378 e. The summed E-state index contributed by atoms with van der Waals surface area (Å²) >= 11 is 0. The van der Waals surface area contributed by atoms with Gasteiger partial charge in [-0.3, -0.25) is 4.90 Å². The molecular formula is C16H33N3. The van der Waals surface area contributed by atoms with Gasteiger partial charge < -0.3 is 9.80 Å². The molecule has 0 saturated carbocycles. The molecule has 0 atom stereocenters. The maximum atomic E-state index is 4.12. The van der Waals surface area contributed by atoms with Crippen LogP contribution in [0.2, 0.25) is 0 Å². The third kappa shape index (κ3) is 6.98. The molecule has 3 heteroatoms. The van der Waals surface area contributed by atoms with Crippen molar-refractivity contribution in [1.82, 2.24) is 14.7 Å². The van der Waals surface area contributed by atoms with Crippen molar-refractivity contribution in [2.45, 2.75) is 39.0 Å². The number of nitrogens with zero attached hydrogens (tertiary/aromatic N) is 3. The summed E-state index contributed by atoms with van der Waals surface area (Å²) in [5.74, 6) is 0. The van der Waals surface area contributed by atoms with Gasteiger partial charge in [-0.25, -0.2) is 0 Å². The summed E-state index contributed by atoms with van der Waals surface area (Å²) in [4.78, 5) is 7.27. The fraction of sp³-hybridized carbons (Fsp3) is 0.875. The van der Waals surface area contributed by atoms with Crippen LogP contribution < -0.4 is 0 Å². The first-order valence-corrected chi connectivity index (χ1v) is 7.93. The first-order valence-electron chi connectivity index (χ1n) is 7.93. The van der Waals surface area contributed by atoms with Crippen LogP contribution in [-0.2, 0) is 0 Å². The van der Waals surface area contributed by atoms with Crippen molar-refractivity contribution in [2.24, 2.45) is 0 Å². The molecule has 1 fully saturated rings. The van der Waals surface area contributed by atoms with Gasteiger partial charge in [0.25, 0.3) is 0 Å². The number of piperazine rings is 1. The molecule has 0 unspecified atom stereocenters. The first kappa shape index (κ1) is 16.5. The summed E-state index contributed by atoms with van der Waals surface area (Å²) in [6.45, 7) is 13.6. The number of unbranched alkanes of at least 4 members (excludes halogenated alkanes) is 4. The van der Waals surface area contributed by atoms with Crippen LogP contribution >= 0.6 is 0 Å². The Hall–Kier alpha value is -0.540. The van der Waals surface area contributed by atoms with Crippen LogP contribution in [0.5, 0.6) is 0 Å². The fourth-order valence-corrected chi connectivity index (χ4v) is 2.51. The van der Waals surface area contributed by atoms with E-state index in [9.17, 15) is 0 Å². The molecule has 1 aliphatic rings. The summed E-state index contributed by atoms with van der Waals surface area (Å²) in [5, 5.41) is 0. The number of hydrogen-bond acceptors (Lipinski definition) is 3. The van der Waals surface area contributed by atoms with E-state index in [0.717, 1.165) is 6.54 Å². The van der Waals surface area contributed by atoms with Crippen molar-refractivity contribution in [3.63, 3.8) is 0 Å². The van der Waals surface area contributed by atoms with Crippen molar-refractivity contribution >= 4 is 0 Å². The van der Waals surface area contributed by atoms with Gasteiger partial charge in [0, 0.05) is 52.5 Å². The topological polar surface area (TPSA) is 9.72 Å². The van der Waals surface area contributed by atoms with Gasteiger partial charge in [-0.05, 0) is 13.0 Å². The standard InChI is InChI=1S/C16H33N3/c1-5-6-7-8-9-10-18-11-13-19(14-12-18)15-16(2)17(3)4/h2,5-15H2,1,3-4H3. The molecule has 0 radical (unpaired) electrons. The minimum Gasteiger partial charge on any atom is -0.380 e. The van der Waals surface area contributed by atoms with Crippen LogP contribution in [0.15, 0.2) is 12.3 Å². The van der Waals surface area contributed by atoms with Gasteiger partial charge in [-0.2, -0.15) is 0 Å². The molecule has 3 nitrogen and oxygen atoms in total. The van der Waals surface area contributed by atoms with E-state index in [1.54, 1.807) is 0 Å². The zero-order chi connectivity index (χ0) is 14.1. The molecule has 0 aromatic heterocycles. The summed E-state index contributed by atoms with van der Waals surface area (Å²) in [5.41, 5.74) is 1.22. The average molecular weight is 267 g/mol. The van der Waals surface area contributed by atoms with Crippen LogP contribution in [0, 0.1) is 0 Å². The lowest BCUT2D eigenvalue weighted by Gasteiger charge is -2.35. The lowest BCUT2D eigenvalue weighted by molar-refractivity contribution is 0.133. The van der Waals surface area contributed by atoms with Crippen LogP contribution in [0.3, 0.4) is 0 Å². The Morgan fingerprint density at radius 2 is 1.53 bits per heavy atom. The van der Waals surface area contributed by atoms with E-state index in [-0.39, 0.29) is 0 Å². The third-order valence-corrected chi connectivity index (χ3v) is 4.08. The number of likely N-dealkylation sites (N-methyl/N-ethyl adjacent to an activating group) is 1. The highest BCUT2D eigenvalue weighted by atomic mass is 15.3. The molecule has 0 bridgehead atoms. The van der Waals surface area contributed by atoms with Crippen molar-refractivity contribution in [1.29, 1.82) is 0 Å². The van der Waals surface area contributed by atoms with E-state index in [4.69, 9.17) is 0 Å². The van der Waals surface area contributed by atoms with E-state index in [0.29, 0.717) is 0 Å². The summed E-state index contributed by atoms with van der Waals surface area (Å²) in [6.07, 6.45) is 6.95. The van der Waals surface area contributed by atoms with E-state index in [2.05, 4.69) is 42.3 Å². The molecule has 0 amide bonds. The van der Waals surface area contributed by atoms with Gasteiger partial charge in [0.15, 0.2) is 0 Å². The maximum absolute atomic E-state index is 4.12. The Labute approximate surface area is 120 Å². The van der Waals surface area contributed by atoms with Crippen molar-refractivity contribution < 1.29 is 0 Å². The zero-order valence-corrected chi connectivity index (χ0v) is 13.3. The van der Waals surface area contributed by atoms with Gasteiger partial charge in [0.05, 0.1) is 0 Å². The highest BCUT2D eigenvalue weighted by Gasteiger charge is 2.16. The summed E-state index contributed by atoms with van der Waals surface area (Å²) in [7, 11) is 4.16. The molecule has 0 N–H and O–H groups in total. The predicted octanol–water partition coefficient (Wildman–Crippen LogP) is 2.65. The SMILES string of the molecule is C=C(CN1CCN(CCCCCCC)CC1)N(C)C. The Bertz CT molecular complexity index is 242. The van der Waals surface area contributed by atoms with E-state index in [1.165, 1.54) is 70.5 Å². The minimum absolute atomic E-state index is 1.03. The molecule has 1 saturated heterocycles. The number of hydrogen-bond donors (Lipinski definition) is 0. The largest absolute Gasteiger partial charge is 0.380 e. The maximum Gasteiger partial charge on any atom is 0.0378 e. The fourth-order valence-electron chi connectivity index (χ4n) is 2.51. The lowest BCUT2D eigenvalue weighted by atomic mass is 10.1. The third-order valence-electron chi connectivity index (χ3n) is 4.08. The number of rotatable bonds is 9. The van der Waals surface area contributed by atoms with Gasteiger partial charge in [-0.15, -0.1) is 0 Å². The quantitative estimate of drug-likeness (QED) is 0.595. The van der Waals surface area contributed by atoms with Crippen LogP contribution in [0.1, 0.15) is 39.0 Å². The van der Waals surface area contributed by atoms with Gasteiger partial charge >= 0.3 is 0 Å². The molecule has 0 spiro atoms. The van der Waals surface area contributed by atoms with Crippen LogP contribution in [0.4, 0.5) is 0 Å². The summed E-state index contributed by atoms with van der Waals surface area (Å²) < 4.78 is 0. The van der Waals surface area contributed by atoms with Crippen molar-refractivity contribution in [3.05, 3.63) is 12.3 Å². The van der Waals surface area contributed by atoms with Crippen molar-refractivity contribution in [2.75, 3.05) is 53.4 Å². The summed E-state index contributed by atoms with van der Waals surface area (Å²) in [6, 6.07) is 0. The minimum atomic E-state index is 1.03. The van der Waals surface area contributed by atoms with Gasteiger partial charge in [0.2, 0.25) is 0 Å². The van der Waals surface area contributed by atoms with Crippen molar-refractivity contribution in [3.8, 4) is 0 Å². The first-order chi connectivity index (χ1) is 9.13. The highest BCUT2D eigenvalue weighted by molar-refractivity contribution is 4.95. The second kappa shape index (κ2) is 9.38. The second-order valence-electron chi connectivity index (χ2n) is 5.99. The molecule has 0 aliphatic carbocycles. The van der Waals surface area contributed by atoms with E-state index < -0.39 is 0 Å². The Kier molecular flexibility index (Phi) is 8.15. The Balaban J connectivity index is 2.07. The van der Waals surface area contributed by atoms with Crippen LogP contribution in [0.25, 0.3) is 0 Å². The Morgan fingerprint density at radius 3 is 2.11 bits per heavy atom. The zero-order valence-electron chi connectivity index (χ0n) is 13.3. The van der Waals surface area contributed by atoms with E-state index >= 15 is 0 Å². The molecule has 1 aliphatic heterocycles. The molecule has 0 aromatic carbocycles. The Morgan fingerprint density at radius 1 is 0.947 bits per heavy atom. The van der Waals surface area contributed by atoms with Gasteiger partial charge in [-0.1, -0.05) is 39.2 Å². The van der Waals surface area contributed by atoms with Gasteiger partial charge in [0.1, 0.15) is 0 Å². The van der Waals surface area contributed by atoms with E-state index in [1.807, 2.05) is 0 Å². The lowest BCUT2D eigenvalue weighted by Crippen LogP contribution is -2.47. The molecule has 19 heavy (non-hydrogen) atoms. The van der Waals surface area contributed by atoms with Crippen LogP contribution in [-0.4, -0.2) is 68.1 Å². The normalized spacial score (nSPS) is 17.6. The molecule has 1 heterocycles. The molecule has 112 valence electrons.